The first-order valence-corrected chi connectivity index (χ1v) is 9.51. The van der Waals surface area contributed by atoms with E-state index in [1.54, 1.807) is 10.7 Å². The third-order valence-electron chi connectivity index (χ3n) is 3.75. The molecule has 0 spiro atoms. The van der Waals surface area contributed by atoms with E-state index in [9.17, 15) is 13.2 Å². The first-order valence-electron chi connectivity index (χ1n) is 7.24. The molecule has 2 aromatic rings. The molecular formula is C15H16ClN3O3S. The van der Waals surface area contributed by atoms with Gasteiger partial charge in [-0.1, -0.05) is 23.7 Å². The van der Waals surface area contributed by atoms with Crippen LogP contribution in [0.3, 0.4) is 0 Å². The van der Waals surface area contributed by atoms with Crippen LogP contribution >= 0.6 is 11.6 Å². The second kappa shape index (κ2) is 5.98. The Bertz CT molecular complexity index is 874. The van der Waals surface area contributed by atoms with Crippen LogP contribution in [0.5, 0.6) is 0 Å². The minimum Gasteiger partial charge on any atom is -0.266 e. The van der Waals surface area contributed by atoms with Gasteiger partial charge in [-0.2, -0.15) is 5.10 Å². The first-order chi connectivity index (χ1) is 10.9. The van der Waals surface area contributed by atoms with Crippen LogP contribution in [-0.4, -0.2) is 30.4 Å². The van der Waals surface area contributed by atoms with Gasteiger partial charge in [0.25, 0.3) is 5.91 Å². The summed E-state index contributed by atoms with van der Waals surface area (Å²) in [5.41, 5.74) is 2.57. The number of nitrogens with one attached hydrogen (secondary N) is 1. The Morgan fingerprint density at radius 3 is 2.65 bits per heavy atom. The van der Waals surface area contributed by atoms with Gasteiger partial charge in [0, 0.05) is 11.3 Å². The van der Waals surface area contributed by atoms with Gasteiger partial charge in [-0.25, -0.2) is 17.8 Å². The summed E-state index contributed by atoms with van der Waals surface area (Å²) in [7, 11) is -3.64. The zero-order valence-corrected chi connectivity index (χ0v) is 14.1. The molecule has 122 valence electrons. The number of halogens is 1. The van der Waals surface area contributed by atoms with Crippen LogP contribution in [0.4, 0.5) is 0 Å². The van der Waals surface area contributed by atoms with Crippen molar-refractivity contribution in [2.24, 2.45) is 0 Å². The molecule has 0 saturated heterocycles. The number of rotatable bonds is 3. The summed E-state index contributed by atoms with van der Waals surface area (Å²) in [6.07, 6.45) is 4.37. The van der Waals surface area contributed by atoms with Crippen LogP contribution in [0, 0.1) is 0 Å². The molecule has 0 aliphatic heterocycles. The largest absolute Gasteiger partial charge is 0.285 e. The highest BCUT2D eigenvalue weighted by Crippen LogP contribution is 2.29. The molecule has 0 atom stereocenters. The number of para-hydroxylation sites is 1. The van der Waals surface area contributed by atoms with Gasteiger partial charge in [0.2, 0.25) is 10.0 Å². The lowest BCUT2D eigenvalue weighted by Crippen LogP contribution is -2.30. The lowest BCUT2D eigenvalue weighted by Gasteiger charge is -2.14. The Balaban J connectivity index is 2.13. The molecule has 0 radical (unpaired) electrons. The minimum atomic E-state index is -3.64. The number of benzene rings is 1. The molecule has 8 heteroatoms. The zero-order chi connectivity index (χ0) is 16.6. The van der Waals surface area contributed by atoms with Crippen LogP contribution in [0.25, 0.3) is 5.69 Å². The average molecular weight is 354 g/mol. The molecule has 1 aromatic carbocycles. The Morgan fingerprint density at radius 1 is 1.26 bits per heavy atom. The lowest BCUT2D eigenvalue weighted by molar-refractivity contribution is 0.0975. The van der Waals surface area contributed by atoms with E-state index in [4.69, 9.17) is 11.6 Å². The fourth-order valence-corrected chi connectivity index (χ4v) is 3.47. The predicted octanol–water partition coefficient (Wildman–Crippen LogP) is 2.09. The number of nitrogens with zero attached hydrogens (tertiary/aromatic N) is 2. The Hall–Kier alpha value is -1.86. The third kappa shape index (κ3) is 3.25. The number of aromatic nitrogens is 2. The fraction of sp³-hybridized carbons (Fsp3) is 0.333. The Kier molecular flexibility index (Phi) is 4.16. The molecule has 1 heterocycles. The first kappa shape index (κ1) is 16.0. The van der Waals surface area contributed by atoms with Crippen molar-refractivity contribution < 1.29 is 13.2 Å². The average Bonchev–Trinajstić information content (AvgIpc) is 2.86. The summed E-state index contributed by atoms with van der Waals surface area (Å²) in [5, 5.41) is 4.89. The summed E-state index contributed by atoms with van der Waals surface area (Å²) < 4.78 is 26.3. The van der Waals surface area contributed by atoms with Crippen molar-refractivity contribution in [2.75, 3.05) is 6.26 Å². The Labute approximate surface area is 139 Å². The molecule has 1 aromatic heterocycles. The summed E-state index contributed by atoms with van der Waals surface area (Å²) in [6, 6.07) is 7.24. The molecule has 23 heavy (non-hydrogen) atoms. The van der Waals surface area contributed by atoms with E-state index in [1.165, 1.54) is 0 Å². The standard InChI is InChI=1S/C15H16ClN3O3S/c1-23(21,22)18-15(20)14-10-6-2-4-8-12(10)19(17-14)13-9-5-3-7-11(13)16/h3,5,7,9H,2,4,6,8H2,1H3,(H,18,20). The number of amides is 1. The maximum atomic E-state index is 12.3. The van der Waals surface area contributed by atoms with E-state index in [1.807, 2.05) is 22.9 Å². The quantitative estimate of drug-likeness (QED) is 0.916. The van der Waals surface area contributed by atoms with Crippen molar-refractivity contribution in [3.63, 3.8) is 0 Å². The minimum absolute atomic E-state index is 0.157. The predicted molar refractivity (Wildman–Crippen MR) is 87.5 cm³/mol. The summed E-state index contributed by atoms with van der Waals surface area (Å²) >= 11 is 6.24. The molecule has 0 bridgehead atoms. The number of sulfonamides is 1. The van der Waals surface area contributed by atoms with Crippen LogP contribution in [-0.2, 0) is 22.9 Å². The van der Waals surface area contributed by atoms with Gasteiger partial charge in [-0.15, -0.1) is 0 Å². The van der Waals surface area contributed by atoms with E-state index in [-0.39, 0.29) is 5.69 Å². The van der Waals surface area contributed by atoms with Gasteiger partial charge in [0.1, 0.15) is 0 Å². The van der Waals surface area contributed by atoms with Gasteiger partial charge in [0.05, 0.1) is 17.0 Å². The van der Waals surface area contributed by atoms with Crippen LogP contribution in [0.2, 0.25) is 5.02 Å². The molecule has 1 aliphatic rings. The highest BCUT2D eigenvalue weighted by atomic mass is 35.5. The smallest absolute Gasteiger partial charge is 0.266 e. The van der Waals surface area contributed by atoms with Crippen LogP contribution < -0.4 is 4.72 Å². The van der Waals surface area contributed by atoms with Gasteiger partial charge in [-0.05, 0) is 37.8 Å². The topological polar surface area (TPSA) is 81.1 Å². The van der Waals surface area contributed by atoms with Gasteiger partial charge in [-0.3, -0.25) is 4.79 Å². The Morgan fingerprint density at radius 2 is 1.96 bits per heavy atom. The molecule has 0 unspecified atom stereocenters. The summed E-state index contributed by atoms with van der Waals surface area (Å²) in [6.45, 7) is 0. The summed E-state index contributed by atoms with van der Waals surface area (Å²) in [5.74, 6) is -0.698. The number of hydrogen-bond donors (Lipinski definition) is 1. The van der Waals surface area contributed by atoms with Gasteiger partial charge >= 0.3 is 0 Å². The molecule has 1 aliphatic carbocycles. The van der Waals surface area contributed by atoms with E-state index in [0.717, 1.165) is 36.8 Å². The SMILES string of the molecule is CS(=O)(=O)NC(=O)c1nn(-c2ccccc2Cl)c2c1CCCC2. The van der Waals surface area contributed by atoms with Crippen LogP contribution in [0.15, 0.2) is 24.3 Å². The zero-order valence-electron chi connectivity index (χ0n) is 12.5. The molecule has 1 amide bonds. The number of fused-ring (bicyclic) bond motifs is 1. The molecule has 0 fully saturated rings. The maximum Gasteiger partial charge on any atom is 0.285 e. The highest BCUT2D eigenvalue weighted by molar-refractivity contribution is 7.89. The maximum absolute atomic E-state index is 12.3. The fourth-order valence-electron chi connectivity index (χ4n) is 2.82. The number of hydrogen-bond acceptors (Lipinski definition) is 4. The van der Waals surface area contributed by atoms with E-state index >= 15 is 0 Å². The van der Waals surface area contributed by atoms with Crippen LogP contribution in [0.1, 0.15) is 34.6 Å². The number of carbonyl (C=O) groups is 1. The van der Waals surface area contributed by atoms with Gasteiger partial charge < -0.3 is 0 Å². The van der Waals surface area contributed by atoms with Crippen molar-refractivity contribution in [2.45, 2.75) is 25.7 Å². The number of carbonyl (C=O) groups excluding carboxylic acids is 1. The van der Waals surface area contributed by atoms with E-state index in [0.29, 0.717) is 17.1 Å². The molecule has 3 rings (SSSR count). The second-order valence-electron chi connectivity index (χ2n) is 5.55. The van der Waals surface area contributed by atoms with E-state index in [2.05, 4.69) is 5.10 Å². The van der Waals surface area contributed by atoms with Crippen molar-refractivity contribution in [3.8, 4) is 5.69 Å². The third-order valence-corrected chi connectivity index (χ3v) is 4.63. The second-order valence-corrected chi connectivity index (χ2v) is 7.70. The van der Waals surface area contributed by atoms with Gasteiger partial charge in [0.15, 0.2) is 5.69 Å². The monoisotopic (exact) mass is 353 g/mol. The molecule has 0 saturated carbocycles. The highest BCUT2D eigenvalue weighted by Gasteiger charge is 2.27. The van der Waals surface area contributed by atoms with Crippen molar-refractivity contribution in [3.05, 3.63) is 46.2 Å². The lowest BCUT2D eigenvalue weighted by atomic mass is 9.95. The van der Waals surface area contributed by atoms with E-state index < -0.39 is 15.9 Å². The molecule has 6 nitrogen and oxygen atoms in total. The van der Waals surface area contributed by atoms with Crippen molar-refractivity contribution >= 4 is 27.5 Å². The van der Waals surface area contributed by atoms with Crippen molar-refractivity contribution in [1.82, 2.24) is 14.5 Å². The molecule has 1 N–H and O–H groups in total. The molecular weight excluding hydrogens is 338 g/mol. The van der Waals surface area contributed by atoms with Crippen molar-refractivity contribution in [1.29, 1.82) is 0 Å². The normalized spacial score (nSPS) is 14.3. The summed E-state index contributed by atoms with van der Waals surface area (Å²) in [4.78, 5) is 12.3.